The van der Waals surface area contributed by atoms with Gasteiger partial charge in [-0.25, -0.2) is 0 Å². The summed E-state index contributed by atoms with van der Waals surface area (Å²) in [6.45, 7) is 3.54. The molecule has 3 atom stereocenters. The Morgan fingerprint density at radius 3 is 2.65 bits per heavy atom. The maximum Gasteiger partial charge on any atom is 0.126 e. The van der Waals surface area contributed by atoms with Crippen LogP contribution in [0.5, 0.6) is 11.5 Å². The minimum absolute atomic E-state index is 0.0790. The van der Waals surface area contributed by atoms with Gasteiger partial charge >= 0.3 is 0 Å². The van der Waals surface area contributed by atoms with Gasteiger partial charge in [0.05, 0.1) is 6.61 Å². The summed E-state index contributed by atoms with van der Waals surface area (Å²) in [6.07, 6.45) is 3.20. The van der Waals surface area contributed by atoms with E-state index in [2.05, 4.69) is 5.32 Å². The van der Waals surface area contributed by atoms with E-state index in [1.54, 1.807) is 0 Å². The van der Waals surface area contributed by atoms with Crippen molar-refractivity contribution in [3.8, 4) is 11.5 Å². The van der Waals surface area contributed by atoms with Gasteiger partial charge in [0.2, 0.25) is 0 Å². The largest absolute Gasteiger partial charge is 0.494 e. The number of rotatable bonds is 8. The van der Waals surface area contributed by atoms with E-state index < -0.39 is 6.10 Å². The number of ether oxygens (including phenoxy) is 2. The van der Waals surface area contributed by atoms with E-state index >= 15 is 0 Å². The number of nitrogens with one attached hydrogen (secondary N) is 1. The molecule has 0 unspecified atom stereocenters. The monoisotopic (exact) mass is 355 g/mol. The summed E-state index contributed by atoms with van der Waals surface area (Å²) in [7, 11) is 0. The Hall–Kier alpha value is -2.04. The Balaban J connectivity index is 1.40. The first-order valence-electron chi connectivity index (χ1n) is 9.55. The third-order valence-electron chi connectivity index (χ3n) is 4.81. The maximum absolute atomic E-state index is 10.7. The van der Waals surface area contributed by atoms with Crippen LogP contribution < -0.4 is 14.8 Å². The van der Waals surface area contributed by atoms with Crippen LogP contribution in [0.3, 0.4) is 0 Å². The second-order valence-corrected chi connectivity index (χ2v) is 6.97. The van der Waals surface area contributed by atoms with Crippen molar-refractivity contribution >= 4 is 0 Å². The zero-order chi connectivity index (χ0) is 18.2. The quantitative estimate of drug-likeness (QED) is 0.709. The highest BCUT2D eigenvalue weighted by atomic mass is 16.5. The Morgan fingerprint density at radius 2 is 1.85 bits per heavy atom. The molecule has 0 aromatic heterocycles. The molecule has 1 saturated carbocycles. The van der Waals surface area contributed by atoms with Crippen LogP contribution in [-0.4, -0.2) is 36.5 Å². The molecule has 140 valence electrons. The van der Waals surface area contributed by atoms with E-state index in [0.29, 0.717) is 6.61 Å². The van der Waals surface area contributed by atoms with Crippen molar-refractivity contribution in [3.63, 3.8) is 0 Å². The van der Waals surface area contributed by atoms with E-state index in [4.69, 9.17) is 9.47 Å². The molecule has 0 aliphatic heterocycles. The third-order valence-corrected chi connectivity index (χ3v) is 4.81. The van der Waals surface area contributed by atoms with Gasteiger partial charge in [0.25, 0.3) is 0 Å². The molecule has 0 spiro atoms. The van der Waals surface area contributed by atoms with Gasteiger partial charge in [-0.1, -0.05) is 30.3 Å². The third kappa shape index (κ3) is 5.48. The minimum Gasteiger partial charge on any atom is -0.494 e. The van der Waals surface area contributed by atoms with Gasteiger partial charge in [0.15, 0.2) is 0 Å². The van der Waals surface area contributed by atoms with Gasteiger partial charge in [-0.2, -0.15) is 0 Å². The highest BCUT2D eigenvalue weighted by Gasteiger charge is 2.32. The molecule has 0 amide bonds. The second kappa shape index (κ2) is 9.60. The van der Waals surface area contributed by atoms with Gasteiger partial charge < -0.3 is 19.9 Å². The molecule has 2 aromatic rings. The smallest absolute Gasteiger partial charge is 0.126 e. The summed E-state index contributed by atoms with van der Waals surface area (Å²) in [5.74, 6) is 1.74. The summed E-state index contributed by atoms with van der Waals surface area (Å²) >= 11 is 0. The highest BCUT2D eigenvalue weighted by molar-refractivity contribution is 5.27. The SMILES string of the molecule is Cc1cccc(O[C@@H]2CCC[C@H](NCCCOc3ccccc3)[C@H]2O)c1. The number of hydrogen-bond acceptors (Lipinski definition) is 4. The minimum atomic E-state index is -0.487. The first-order valence-corrected chi connectivity index (χ1v) is 9.55. The van der Waals surface area contributed by atoms with Crippen LogP contribution in [0.2, 0.25) is 0 Å². The molecule has 1 aliphatic rings. The van der Waals surface area contributed by atoms with Crippen LogP contribution in [0.1, 0.15) is 31.2 Å². The number of aliphatic hydroxyl groups excluding tert-OH is 1. The van der Waals surface area contributed by atoms with Crippen LogP contribution in [-0.2, 0) is 0 Å². The predicted octanol–water partition coefficient (Wildman–Crippen LogP) is 3.71. The Labute approximate surface area is 156 Å². The Morgan fingerprint density at radius 1 is 1.04 bits per heavy atom. The van der Waals surface area contributed by atoms with Gasteiger partial charge in [-0.15, -0.1) is 0 Å². The first-order chi connectivity index (χ1) is 12.7. The molecule has 1 fully saturated rings. The molecule has 0 bridgehead atoms. The van der Waals surface area contributed by atoms with Gasteiger partial charge in [-0.3, -0.25) is 0 Å². The number of hydrogen-bond donors (Lipinski definition) is 2. The van der Waals surface area contributed by atoms with Crippen LogP contribution >= 0.6 is 0 Å². The second-order valence-electron chi connectivity index (χ2n) is 6.97. The number of aliphatic hydroxyl groups is 1. The summed E-state index contributed by atoms with van der Waals surface area (Å²) in [4.78, 5) is 0. The van der Waals surface area contributed by atoms with Gasteiger partial charge in [0.1, 0.15) is 23.7 Å². The fourth-order valence-electron chi connectivity index (χ4n) is 3.42. The lowest BCUT2D eigenvalue weighted by Crippen LogP contribution is -2.51. The summed E-state index contributed by atoms with van der Waals surface area (Å²) < 4.78 is 11.8. The Kier molecular flexibility index (Phi) is 6.92. The Bertz CT molecular complexity index is 661. The molecule has 0 heterocycles. The standard InChI is InChI=1S/C22H29NO3/c1-17-8-5-11-19(16-17)26-21-13-6-12-20(22(21)24)23-14-7-15-25-18-9-3-2-4-10-18/h2-5,8-11,16,20-24H,6-7,12-15H2,1H3/t20-,21+,22+/m0/s1. The summed E-state index contributed by atoms with van der Waals surface area (Å²) in [5.41, 5.74) is 1.17. The average molecular weight is 355 g/mol. The van der Waals surface area contributed by atoms with Crippen molar-refractivity contribution < 1.29 is 14.6 Å². The van der Waals surface area contributed by atoms with Gasteiger partial charge in [-0.05, 0) is 69.0 Å². The zero-order valence-corrected chi connectivity index (χ0v) is 15.4. The molecule has 2 N–H and O–H groups in total. The lowest BCUT2D eigenvalue weighted by molar-refractivity contribution is -0.0154. The van der Waals surface area contributed by atoms with Crippen molar-refractivity contribution in [2.75, 3.05) is 13.2 Å². The van der Waals surface area contributed by atoms with Crippen LogP contribution in [0.25, 0.3) is 0 Å². The molecule has 0 radical (unpaired) electrons. The molecule has 1 aliphatic carbocycles. The van der Waals surface area contributed by atoms with Crippen molar-refractivity contribution in [1.82, 2.24) is 5.32 Å². The molecular formula is C22H29NO3. The van der Waals surface area contributed by atoms with Crippen LogP contribution in [0, 0.1) is 6.92 Å². The predicted molar refractivity (Wildman–Crippen MR) is 104 cm³/mol. The van der Waals surface area contributed by atoms with Crippen molar-refractivity contribution in [1.29, 1.82) is 0 Å². The molecule has 2 aromatic carbocycles. The van der Waals surface area contributed by atoms with E-state index in [1.807, 2.05) is 61.5 Å². The fraction of sp³-hybridized carbons (Fsp3) is 0.455. The van der Waals surface area contributed by atoms with Crippen molar-refractivity contribution in [2.45, 2.75) is 50.9 Å². The lowest BCUT2D eigenvalue weighted by atomic mass is 9.89. The van der Waals surface area contributed by atoms with E-state index in [9.17, 15) is 5.11 Å². The summed E-state index contributed by atoms with van der Waals surface area (Å²) in [6, 6.07) is 17.9. The first kappa shape index (κ1) is 18.7. The fourth-order valence-corrected chi connectivity index (χ4v) is 3.42. The number of para-hydroxylation sites is 1. The van der Waals surface area contributed by atoms with E-state index in [1.165, 1.54) is 5.56 Å². The van der Waals surface area contributed by atoms with Crippen LogP contribution in [0.15, 0.2) is 54.6 Å². The molecule has 26 heavy (non-hydrogen) atoms. The molecular weight excluding hydrogens is 326 g/mol. The average Bonchev–Trinajstić information content (AvgIpc) is 2.65. The zero-order valence-electron chi connectivity index (χ0n) is 15.4. The van der Waals surface area contributed by atoms with Crippen molar-refractivity contribution in [3.05, 3.63) is 60.2 Å². The van der Waals surface area contributed by atoms with Crippen molar-refractivity contribution in [2.24, 2.45) is 0 Å². The molecule has 3 rings (SSSR count). The van der Waals surface area contributed by atoms with E-state index in [0.717, 1.165) is 43.7 Å². The number of aryl methyl sites for hydroxylation is 1. The molecule has 0 saturated heterocycles. The molecule has 4 heteroatoms. The van der Waals surface area contributed by atoms with Gasteiger partial charge in [0, 0.05) is 6.04 Å². The van der Waals surface area contributed by atoms with E-state index in [-0.39, 0.29) is 12.1 Å². The topological polar surface area (TPSA) is 50.7 Å². The normalized spacial score (nSPS) is 22.8. The lowest BCUT2D eigenvalue weighted by Gasteiger charge is -2.35. The molecule has 4 nitrogen and oxygen atoms in total. The summed E-state index contributed by atoms with van der Waals surface area (Å²) in [5, 5.41) is 14.1. The number of benzene rings is 2. The maximum atomic E-state index is 10.7. The highest BCUT2D eigenvalue weighted by Crippen LogP contribution is 2.25. The van der Waals surface area contributed by atoms with Crippen LogP contribution in [0.4, 0.5) is 0 Å².